The van der Waals surface area contributed by atoms with Gasteiger partial charge >= 0.3 is 0 Å². The van der Waals surface area contributed by atoms with Crippen LogP contribution in [0.4, 0.5) is 0 Å². The van der Waals surface area contributed by atoms with Crippen molar-refractivity contribution in [3.05, 3.63) is 11.6 Å². The Morgan fingerprint density at radius 2 is 1.94 bits per heavy atom. The molecule has 0 spiro atoms. The largest absolute Gasteiger partial charge is 0.393 e. The molecular weight excluding hydrogens is 408 g/mol. The number of alkyl halides is 1. The fourth-order valence-corrected chi connectivity index (χ4v) is 8.36. The second kappa shape index (κ2) is 8.60. The summed E-state index contributed by atoms with van der Waals surface area (Å²) in [6, 6.07) is 0. The van der Waals surface area contributed by atoms with Gasteiger partial charge in [-0.3, -0.25) is 9.59 Å². The number of halogens is 1. The molecule has 3 nitrogen and oxygen atoms in total. The van der Waals surface area contributed by atoms with E-state index < -0.39 is 0 Å². The lowest BCUT2D eigenvalue weighted by molar-refractivity contribution is -0.134. The van der Waals surface area contributed by atoms with E-state index in [1.807, 2.05) is 6.92 Å². The van der Waals surface area contributed by atoms with Crippen molar-refractivity contribution >= 4 is 23.2 Å². The van der Waals surface area contributed by atoms with Crippen LogP contribution in [-0.2, 0) is 9.59 Å². The summed E-state index contributed by atoms with van der Waals surface area (Å²) in [4.78, 5) is 26.4. The Hall–Kier alpha value is -0.670. The molecule has 3 fully saturated rings. The number of rotatable bonds is 6. The van der Waals surface area contributed by atoms with Gasteiger partial charge in [0.05, 0.1) is 6.10 Å². The number of carbonyl (C=O) groups is 2. The minimum atomic E-state index is -0.185. The van der Waals surface area contributed by atoms with Crippen LogP contribution in [-0.4, -0.2) is 28.7 Å². The Bertz CT molecular complexity index is 760. The molecule has 0 aromatic heterocycles. The zero-order chi connectivity index (χ0) is 22.6. The zero-order valence-corrected chi connectivity index (χ0v) is 20.6. The van der Waals surface area contributed by atoms with Crippen molar-refractivity contribution in [1.29, 1.82) is 0 Å². The van der Waals surface area contributed by atoms with E-state index in [-0.39, 0.29) is 34.6 Å². The summed E-state index contributed by atoms with van der Waals surface area (Å²) in [6.07, 6.45) is 10.3. The van der Waals surface area contributed by atoms with Crippen molar-refractivity contribution in [2.45, 2.75) is 91.6 Å². The van der Waals surface area contributed by atoms with E-state index in [9.17, 15) is 14.7 Å². The SMILES string of the molecule is CC(CCl)CCC(=O)C(C)C1C(=O)CC2C3CC=C4CC(O)CCC4(C)C3CCC21C. The standard InChI is InChI=1S/C27H41ClO3/c1-16(15-28)5-8-23(30)17(2)25-24(31)14-22-20-7-6-18-13-19(29)9-11-26(18,3)21(20)10-12-27(22,25)4/h6,16-17,19-22,25,29H,5,7-15H2,1-4H3. The average molecular weight is 449 g/mol. The first kappa shape index (κ1) is 23.5. The van der Waals surface area contributed by atoms with Crippen LogP contribution in [0, 0.1) is 46.3 Å². The van der Waals surface area contributed by atoms with Crippen LogP contribution >= 0.6 is 11.6 Å². The summed E-state index contributed by atoms with van der Waals surface area (Å²) in [5.74, 6) is 2.74. The van der Waals surface area contributed by atoms with Crippen LogP contribution < -0.4 is 0 Å². The predicted molar refractivity (Wildman–Crippen MR) is 125 cm³/mol. The first-order valence-electron chi connectivity index (χ1n) is 12.6. The summed E-state index contributed by atoms with van der Waals surface area (Å²) < 4.78 is 0. The number of allylic oxidation sites excluding steroid dienone is 1. The van der Waals surface area contributed by atoms with E-state index in [2.05, 4.69) is 26.8 Å². The molecule has 0 aliphatic heterocycles. The van der Waals surface area contributed by atoms with Crippen molar-refractivity contribution in [2.75, 3.05) is 5.88 Å². The molecule has 0 saturated heterocycles. The minimum absolute atomic E-state index is 0.0543. The molecule has 1 N–H and O–H groups in total. The molecule has 0 aromatic carbocycles. The molecule has 0 amide bonds. The Morgan fingerprint density at radius 1 is 1.19 bits per heavy atom. The van der Waals surface area contributed by atoms with Crippen LogP contribution in [0.3, 0.4) is 0 Å². The number of aliphatic hydroxyl groups excluding tert-OH is 1. The van der Waals surface area contributed by atoms with E-state index in [1.165, 1.54) is 5.57 Å². The van der Waals surface area contributed by atoms with Crippen molar-refractivity contribution in [3.63, 3.8) is 0 Å². The van der Waals surface area contributed by atoms with E-state index in [0.717, 1.165) is 44.9 Å². The highest BCUT2D eigenvalue weighted by Crippen LogP contribution is 2.66. The molecule has 9 atom stereocenters. The Balaban J connectivity index is 1.54. The van der Waals surface area contributed by atoms with Gasteiger partial charge in [0.2, 0.25) is 0 Å². The number of fused-ring (bicyclic) bond motifs is 5. The van der Waals surface area contributed by atoms with Gasteiger partial charge in [0, 0.05) is 30.6 Å². The zero-order valence-electron chi connectivity index (χ0n) is 19.8. The third-order valence-corrected chi connectivity index (χ3v) is 10.7. The quantitative estimate of drug-likeness (QED) is 0.402. The van der Waals surface area contributed by atoms with Gasteiger partial charge in [0.25, 0.3) is 0 Å². The smallest absolute Gasteiger partial charge is 0.137 e. The van der Waals surface area contributed by atoms with Gasteiger partial charge in [0.1, 0.15) is 11.6 Å². The molecule has 0 bridgehead atoms. The van der Waals surface area contributed by atoms with Gasteiger partial charge in [-0.05, 0) is 79.4 Å². The monoisotopic (exact) mass is 448 g/mol. The summed E-state index contributed by atoms with van der Waals surface area (Å²) in [6.45, 7) is 8.84. The lowest BCUT2D eigenvalue weighted by atomic mass is 9.47. The van der Waals surface area contributed by atoms with E-state index in [1.54, 1.807) is 0 Å². The van der Waals surface area contributed by atoms with E-state index in [4.69, 9.17) is 11.6 Å². The third kappa shape index (κ3) is 3.86. The normalized spacial score (nSPS) is 44.0. The van der Waals surface area contributed by atoms with Crippen molar-refractivity contribution in [3.8, 4) is 0 Å². The molecule has 4 rings (SSSR count). The van der Waals surface area contributed by atoms with Crippen LogP contribution in [0.15, 0.2) is 11.6 Å². The average Bonchev–Trinajstić information content (AvgIpc) is 3.01. The van der Waals surface area contributed by atoms with Crippen molar-refractivity contribution < 1.29 is 14.7 Å². The molecule has 0 radical (unpaired) electrons. The second-order valence-electron chi connectivity index (χ2n) is 11.9. The molecule has 3 saturated carbocycles. The number of aliphatic hydroxyl groups is 1. The molecule has 4 aliphatic rings. The maximum atomic E-state index is 13.3. The number of Topliss-reactive ketones (excluding diaryl/α,β-unsaturated/α-hetero) is 2. The van der Waals surface area contributed by atoms with E-state index in [0.29, 0.717) is 48.2 Å². The van der Waals surface area contributed by atoms with Gasteiger partial charge in [0.15, 0.2) is 0 Å². The highest BCUT2D eigenvalue weighted by atomic mass is 35.5. The van der Waals surface area contributed by atoms with Gasteiger partial charge < -0.3 is 5.11 Å². The summed E-state index contributed by atoms with van der Waals surface area (Å²) in [5, 5.41) is 10.2. The summed E-state index contributed by atoms with van der Waals surface area (Å²) >= 11 is 5.93. The number of carbonyl (C=O) groups excluding carboxylic acids is 2. The Kier molecular flexibility index (Phi) is 6.51. The summed E-state index contributed by atoms with van der Waals surface area (Å²) in [7, 11) is 0. The fourth-order valence-electron chi connectivity index (χ4n) is 8.20. The lowest BCUT2D eigenvalue weighted by Crippen LogP contribution is -2.51. The lowest BCUT2D eigenvalue weighted by Gasteiger charge is -2.58. The topological polar surface area (TPSA) is 54.4 Å². The third-order valence-electron chi connectivity index (χ3n) is 10.1. The maximum absolute atomic E-state index is 13.3. The first-order valence-corrected chi connectivity index (χ1v) is 13.1. The highest BCUT2D eigenvalue weighted by molar-refractivity contribution is 6.18. The van der Waals surface area contributed by atoms with Crippen LogP contribution in [0.5, 0.6) is 0 Å². The van der Waals surface area contributed by atoms with Crippen LogP contribution in [0.1, 0.15) is 85.5 Å². The molecule has 4 aliphatic carbocycles. The highest BCUT2D eigenvalue weighted by Gasteiger charge is 2.62. The van der Waals surface area contributed by atoms with Crippen molar-refractivity contribution in [1.82, 2.24) is 0 Å². The molecule has 31 heavy (non-hydrogen) atoms. The first-order chi connectivity index (χ1) is 14.6. The van der Waals surface area contributed by atoms with Gasteiger partial charge in [-0.25, -0.2) is 0 Å². The maximum Gasteiger partial charge on any atom is 0.137 e. The molecule has 9 unspecified atom stereocenters. The van der Waals surface area contributed by atoms with Crippen LogP contribution in [0.2, 0.25) is 0 Å². The number of ketones is 2. The Morgan fingerprint density at radius 3 is 2.65 bits per heavy atom. The van der Waals surface area contributed by atoms with Gasteiger partial charge in [-0.15, -0.1) is 11.6 Å². The summed E-state index contributed by atoms with van der Waals surface area (Å²) in [5.41, 5.74) is 1.60. The van der Waals surface area contributed by atoms with Crippen LogP contribution in [0.25, 0.3) is 0 Å². The van der Waals surface area contributed by atoms with Gasteiger partial charge in [-0.2, -0.15) is 0 Å². The fraction of sp³-hybridized carbons (Fsp3) is 0.852. The molecule has 0 aromatic rings. The molecular formula is C27H41ClO3. The molecule has 0 heterocycles. The predicted octanol–water partition coefficient (Wildman–Crippen LogP) is 5.97. The molecule has 4 heteroatoms. The van der Waals surface area contributed by atoms with Crippen molar-refractivity contribution in [2.24, 2.45) is 46.3 Å². The second-order valence-corrected chi connectivity index (χ2v) is 12.2. The molecule has 174 valence electrons. The number of hydrogen-bond donors (Lipinski definition) is 1. The number of hydrogen-bond acceptors (Lipinski definition) is 3. The minimum Gasteiger partial charge on any atom is -0.393 e. The van der Waals surface area contributed by atoms with E-state index >= 15 is 0 Å². The van der Waals surface area contributed by atoms with Gasteiger partial charge in [-0.1, -0.05) is 39.3 Å². The Labute approximate surface area is 193 Å².